The Morgan fingerprint density at radius 3 is 2.83 bits per heavy atom. The lowest BCUT2D eigenvalue weighted by atomic mass is 10.1. The highest BCUT2D eigenvalue weighted by Crippen LogP contribution is 2.21. The highest BCUT2D eigenvalue weighted by molar-refractivity contribution is 9.10. The summed E-state index contributed by atoms with van der Waals surface area (Å²) < 4.78 is 6.78. The summed E-state index contributed by atoms with van der Waals surface area (Å²) in [6, 6.07) is 8.12. The molecule has 1 unspecified atom stereocenters. The fourth-order valence-electron chi connectivity index (χ4n) is 1.82. The van der Waals surface area contributed by atoms with Gasteiger partial charge >= 0.3 is 0 Å². The molecule has 1 atom stereocenters. The van der Waals surface area contributed by atoms with Gasteiger partial charge in [0, 0.05) is 11.0 Å². The van der Waals surface area contributed by atoms with Crippen molar-refractivity contribution in [3.05, 3.63) is 34.3 Å². The number of hydrogen-bond donors (Lipinski definition) is 2. The Morgan fingerprint density at radius 2 is 2.22 bits per heavy atom. The van der Waals surface area contributed by atoms with E-state index in [1.165, 1.54) is 0 Å². The van der Waals surface area contributed by atoms with E-state index in [0.29, 0.717) is 6.61 Å². The molecule has 0 aliphatic carbocycles. The highest BCUT2D eigenvalue weighted by Gasteiger charge is 2.18. The van der Waals surface area contributed by atoms with E-state index in [1.807, 2.05) is 12.1 Å². The van der Waals surface area contributed by atoms with Crippen LogP contribution in [0.1, 0.15) is 11.7 Å². The van der Waals surface area contributed by atoms with Gasteiger partial charge in [0.05, 0.1) is 19.4 Å². The Hall–Kier alpha value is -0.900. The van der Waals surface area contributed by atoms with Gasteiger partial charge in [-0.15, -0.1) is 6.42 Å². The first-order valence-electron chi connectivity index (χ1n) is 5.79. The zero-order valence-corrected chi connectivity index (χ0v) is 11.6. The minimum Gasteiger partial charge on any atom is -0.359 e. The number of benzene rings is 1. The lowest BCUT2D eigenvalue weighted by Crippen LogP contribution is -2.35. The van der Waals surface area contributed by atoms with Crippen LogP contribution >= 0.6 is 15.9 Å². The highest BCUT2D eigenvalue weighted by atomic mass is 79.9. The van der Waals surface area contributed by atoms with Gasteiger partial charge in [-0.05, 0) is 17.7 Å². The molecule has 18 heavy (non-hydrogen) atoms. The second-order valence-electron chi connectivity index (χ2n) is 4.02. The van der Waals surface area contributed by atoms with E-state index in [0.717, 1.165) is 29.9 Å². The van der Waals surface area contributed by atoms with Crippen LogP contribution in [0.25, 0.3) is 0 Å². The van der Waals surface area contributed by atoms with Crippen LogP contribution in [0.15, 0.2) is 28.7 Å². The number of nitrogens with zero attached hydrogens (tertiary/aromatic N) is 1. The summed E-state index contributed by atoms with van der Waals surface area (Å²) in [5, 5.41) is 5.29. The molecule has 1 aromatic carbocycles. The third-order valence-corrected chi connectivity index (χ3v) is 3.25. The molecule has 1 fully saturated rings. The molecule has 1 heterocycles. The van der Waals surface area contributed by atoms with Gasteiger partial charge < -0.3 is 4.74 Å². The van der Waals surface area contributed by atoms with Crippen LogP contribution in [-0.2, 0) is 4.74 Å². The zero-order valence-electron chi connectivity index (χ0n) is 10.0. The van der Waals surface area contributed by atoms with Crippen LogP contribution in [0, 0.1) is 12.3 Å². The van der Waals surface area contributed by atoms with E-state index in [-0.39, 0.29) is 6.10 Å². The average molecular weight is 310 g/mol. The van der Waals surface area contributed by atoms with Crippen LogP contribution in [0.4, 0.5) is 0 Å². The lowest BCUT2D eigenvalue weighted by molar-refractivity contribution is 0.0385. The van der Waals surface area contributed by atoms with Crippen molar-refractivity contribution in [3.8, 4) is 12.3 Å². The molecule has 1 saturated heterocycles. The lowest BCUT2D eigenvalue weighted by Gasteiger charge is -2.23. The normalized spacial score (nSPS) is 17.6. The first-order valence-corrected chi connectivity index (χ1v) is 6.58. The van der Waals surface area contributed by atoms with E-state index < -0.39 is 0 Å². The molecule has 0 saturated carbocycles. The van der Waals surface area contributed by atoms with Gasteiger partial charge in [-0.25, -0.2) is 10.4 Å². The summed E-state index contributed by atoms with van der Waals surface area (Å²) in [5.74, 6) is 2.52. The van der Waals surface area contributed by atoms with Gasteiger partial charge in [0.15, 0.2) is 0 Å². The van der Waals surface area contributed by atoms with E-state index >= 15 is 0 Å². The molecular weight excluding hydrogens is 294 g/mol. The quantitative estimate of drug-likeness (QED) is 0.808. The molecular formula is C13H16BrN3O. The number of halogens is 1. The first-order chi connectivity index (χ1) is 8.79. The predicted molar refractivity (Wildman–Crippen MR) is 74.4 cm³/mol. The predicted octanol–water partition coefficient (Wildman–Crippen LogP) is 1.46. The third-order valence-electron chi connectivity index (χ3n) is 2.73. The van der Waals surface area contributed by atoms with Crippen molar-refractivity contribution in [2.75, 3.05) is 26.5 Å². The summed E-state index contributed by atoms with van der Waals surface area (Å²) in [6.45, 7) is 2.69. The summed E-state index contributed by atoms with van der Waals surface area (Å²) >= 11 is 3.43. The van der Waals surface area contributed by atoms with Crippen LogP contribution in [0.5, 0.6) is 0 Å². The molecule has 0 aromatic heterocycles. The molecule has 2 rings (SSSR count). The molecule has 4 nitrogen and oxygen atoms in total. The number of rotatable bonds is 5. The van der Waals surface area contributed by atoms with Gasteiger partial charge in [0.25, 0.3) is 0 Å². The van der Waals surface area contributed by atoms with Crippen molar-refractivity contribution in [1.29, 1.82) is 0 Å². The van der Waals surface area contributed by atoms with Crippen LogP contribution < -0.4 is 10.7 Å². The number of hydrazine groups is 1. The van der Waals surface area contributed by atoms with Gasteiger partial charge in [0.1, 0.15) is 6.61 Å². The van der Waals surface area contributed by atoms with Crippen LogP contribution in [-0.4, -0.2) is 31.5 Å². The number of hydrogen-bond acceptors (Lipinski definition) is 4. The standard InChI is InChI=1S/C13H16BrN3O/c1-2-7-18-13(8-17-10-15-9-16-17)11-3-5-12(14)6-4-11/h1,3-6,13,15-16H,7-10H2. The minimum absolute atomic E-state index is 0.0263. The Balaban J connectivity index is 2.03. The van der Waals surface area contributed by atoms with E-state index in [9.17, 15) is 0 Å². The second kappa shape index (κ2) is 6.88. The van der Waals surface area contributed by atoms with Crippen LogP contribution in [0.3, 0.4) is 0 Å². The second-order valence-corrected chi connectivity index (χ2v) is 4.94. The molecule has 1 aliphatic rings. The van der Waals surface area contributed by atoms with Gasteiger partial charge in [-0.3, -0.25) is 5.32 Å². The number of nitrogens with one attached hydrogen (secondary N) is 2. The van der Waals surface area contributed by atoms with Crippen molar-refractivity contribution >= 4 is 15.9 Å². The van der Waals surface area contributed by atoms with Crippen molar-refractivity contribution in [2.24, 2.45) is 0 Å². The largest absolute Gasteiger partial charge is 0.359 e. The average Bonchev–Trinajstić information content (AvgIpc) is 2.88. The van der Waals surface area contributed by atoms with E-state index in [4.69, 9.17) is 11.2 Å². The summed E-state index contributed by atoms with van der Waals surface area (Å²) in [7, 11) is 0. The molecule has 96 valence electrons. The smallest absolute Gasteiger partial charge is 0.108 e. The van der Waals surface area contributed by atoms with Gasteiger partial charge in [0.2, 0.25) is 0 Å². The maximum absolute atomic E-state index is 5.72. The first kappa shape index (κ1) is 13.5. The van der Waals surface area contributed by atoms with Crippen molar-refractivity contribution < 1.29 is 4.74 Å². The number of terminal acetylenes is 1. The molecule has 0 bridgehead atoms. The third kappa shape index (κ3) is 3.80. The van der Waals surface area contributed by atoms with Crippen molar-refractivity contribution in [2.45, 2.75) is 6.10 Å². The minimum atomic E-state index is -0.0263. The molecule has 2 N–H and O–H groups in total. The fourth-order valence-corrected chi connectivity index (χ4v) is 2.09. The molecule has 0 amide bonds. The maximum atomic E-state index is 5.72. The summed E-state index contributed by atoms with van der Waals surface area (Å²) in [5.41, 5.74) is 4.35. The van der Waals surface area contributed by atoms with Gasteiger partial charge in [-0.1, -0.05) is 34.0 Å². The molecule has 0 radical (unpaired) electrons. The van der Waals surface area contributed by atoms with Gasteiger partial charge in [-0.2, -0.15) is 0 Å². The Morgan fingerprint density at radius 1 is 1.44 bits per heavy atom. The van der Waals surface area contributed by atoms with Crippen molar-refractivity contribution in [1.82, 2.24) is 15.8 Å². The van der Waals surface area contributed by atoms with E-state index in [1.54, 1.807) is 0 Å². The Kier molecular flexibility index (Phi) is 5.17. The Bertz CT molecular complexity index is 409. The maximum Gasteiger partial charge on any atom is 0.108 e. The molecule has 1 aliphatic heterocycles. The topological polar surface area (TPSA) is 36.5 Å². The number of ether oxygens (including phenoxy) is 1. The molecule has 1 aromatic rings. The SMILES string of the molecule is C#CCOC(CN1CNCN1)c1ccc(Br)cc1. The monoisotopic (exact) mass is 309 g/mol. The summed E-state index contributed by atoms with van der Waals surface area (Å²) in [6.07, 6.45) is 5.24. The Labute approximate surface area is 116 Å². The summed E-state index contributed by atoms with van der Waals surface area (Å²) in [4.78, 5) is 0. The van der Waals surface area contributed by atoms with E-state index in [2.05, 4.69) is 49.7 Å². The fraction of sp³-hybridized carbons (Fsp3) is 0.385. The van der Waals surface area contributed by atoms with Crippen LogP contribution in [0.2, 0.25) is 0 Å². The zero-order chi connectivity index (χ0) is 12.8. The van der Waals surface area contributed by atoms with Crippen molar-refractivity contribution in [3.63, 3.8) is 0 Å². The molecule has 0 spiro atoms. The molecule has 5 heteroatoms.